The largest absolute Gasteiger partial charge is 0.457 e. The molecule has 0 fully saturated rings. The van der Waals surface area contributed by atoms with Crippen LogP contribution >= 0.6 is 11.6 Å². The molecule has 3 nitrogen and oxygen atoms in total. The predicted octanol–water partition coefficient (Wildman–Crippen LogP) is 6.20. The van der Waals surface area contributed by atoms with E-state index in [4.69, 9.17) is 16.3 Å². The van der Waals surface area contributed by atoms with Gasteiger partial charge in [0.2, 0.25) is 0 Å². The Labute approximate surface area is 152 Å². The van der Waals surface area contributed by atoms with E-state index in [9.17, 15) is 0 Å². The van der Waals surface area contributed by atoms with Crippen molar-refractivity contribution in [2.24, 2.45) is 5.10 Å². The number of nitrogens with zero attached hydrogens (tertiary/aromatic N) is 1. The second-order valence-electron chi connectivity index (χ2n) is 5.80. The Balaban J connectivity index is 1.61. The van der Waals surface area contributed by atoms with E-state index in [0.29, 0.717) is 5.02 Å². The lowest BCUT2D eigenvalue weighted by atomic mass is 10.1. The number of hydrazone groups is 1. The van der Waals surface area contributed by atoms with Gasteiger partial charge in [-0.25, -0.2) is 0 Å². The first-order chi connectivity index (χ1) is 12.1. The van der Waals surface area contributed by atoms with Gasteiger partial charge >= 0.3 is 0 Å². The predicted molar refractivity (Wildman–Crippen MR) is 105 cm³/mol. The lowest BCUT2D eigenvalue weighted by molar-refractivity contribution is 0.482. The molecule has 126 valence electrons. The highest BCUT2D eigenvalue weighted by molar-refractivity contribution is 6.30. The SMILES string of the molecule is Cc1ccc(Oc2ccc(C=NNc3cccc(Cl)c3)cc2)cc1C. The molecule has 0 saturated carbocycles. The van der Waals surface area contributed by atoms with Crippen LogP contribution in [0.2, 0.25) is 5.02 Å². The average Bonchev–Trinajstić information content (AvgIpc) is 2.60. The second kappa shape index (κ2) is 7.86. The van der Waals surface area contributed by atoms with E-state index in [-0.39, 0.29) is 0 Å². The zero-order chi connectivity index (χ0) is 17.6. The standard InChI is InChI=1S/C21H19ClN2O/c1-15-6-9-21(12-16(15)2)25-20-10-7-17(8-11-20)14-23-24-19-5-3-4-18(22)13-19/h3-14,24H,1-2H3. The fourth-order valence-electron chi connectivity index (χ4n) is 2.27. The van der Waals surface area contributed by atoms with Crippen molar-refractivity contribution in [3.63, 3.8) is 0 Å². The minimum atomic E-state index is 0.674. The number of benzene rings is 3. The van der Waals surface area contributed by atoms with Gasteiger partial charge in [-0.3, -0.25) is 5.43 Å². The highest BCUT2D eigenvalue weighted by Crippen LogP contribution is 2.23. The van der Waals surface area contributed by atoms with Gasteiger partial charge in [-0.15, -0.1) is 0 Å². The van der Waals surface area contributed by atoms with Gasteiger partial charge in [0.25, 0.3) is 0 Å². The van der Waals surface area contributed by atoms with E-state index in [1.807, 2.05) is 60.7 Å². The lowest BCUT2D eigenvalue weighted by Gasteiger charge is -2.08. The first kappa shape index (κ1) is 17.1. The van der Waals surface area contributed by atoms with Gasteiger partial charge in [-0.1, -0.05) is 23.7 Å². The molecule has 25 heavy (non-hydrogen) atoms. The summed E-state index contributed by atoms with van der Waals surface area (Å²) < 4.78 is 5.88. The van der Waals surface area contributed by atoms with Crippen molar-refractivity contribution in [1.29, 1.82) is 0 Å². The molecule has 0 aromatic heterocycles. The van der Waals surface area contributed by atoms with Crippen molar-refractivity contribution in [1.82, 2.24) is 0 Å². The van der Waals surface area contributed by atoms with Gasteiger partial charge in [0.05, 0.1) is 11.9 Å². The van der Waals surface area contributed by atoms with Crippen LogP contribution in [0.15, 0.2) is 71.8 Å². The van der Waals surface area contributed by atoms with E-state index < -0.39 is 0 Å². The molecule has 0 heterocycles. The number of rotatable bonds is 5. The molecular weight excluding hydrogens is 332 g/mol. The smallest absolute Gasteiger partial charge is 0.127 e. The number of halogens is 1. The molecule has 4 heteroatoms. The maximum absolute atomic E-state index is 5.94. The Morgan fingerprint density at radius 2 is 1.64 bits per heavy atom. The summed E-state index contributed by atoms with van der Waals surface area (Å²) in [6, 6.07) is 21.3. The van der Waals surface area contributed by atoms with Crippen molar-refractivity contribution < 1.29 is 4.74 Å². The number of ether oxygens (including phenoxy) is 1. The fourth-order valence-corrected chi connectivity index (χ4v) is 2.47. The second-order valence-corrected chi connectivity index (χ2v) is 6.23. The van der Waals surface area contributed by atoms with Gasteiger partial charge in [0, 0.05) is 5.02 Å². The van der Waals surface area contributed by atoms with Crippen molar-refractivity contribution in [3.05, 3.63) is 88.4 Å². The Bertz CT molecular complexity index is 889. The number of aryl methyl sites for hydroxylation is 2. The van der Waals surface area contributed by atoms with E-state index in [1.165, 1.54) is 11.1 Å². The summed E-state index contributed by atoms with van der Waals surface area (Å²) in [5, 5.41) is 4.89. The molecule has 0 aliphatic rings. The molecule has 3 rings (SSSR count). The van der Waals surface area contributed by atoms with Crippen LogP contribution in [0.5, 0.6) is 11.5 Å². The third-order valence-electron chi connectivity index (χ3n) is 3.83. The van der Waals surface area contributed by atoms with E-state index in [1.54, 1.807) is 6.21 Å². The third-order valence-corrected chi connectivity index (χ3v) is 4.06. The summed E-state index contributed by atoms with van der Waals surface area (Å²) in [4.78, 5) is 0. The maximum atomic E-state index is 5.94. The fraction of sp³-hybridized carbons (Fsp3) is 0.0952. The Kier molecular flexibility index (Phi) is 5.36. The van der Waals surface area contributed by atoms with Gasteiger partial charge in [-0.2, -0.15) is 5.10 Å². The highest BCUT2D eigenvalue weighted by Gasteiger charge is 2.00. The van der Waals surface area contributed by atoms with Crippen LogP contribution in [0, 0.1) is 13.8 Å². The summed E-state index contributed by atoms with van der Waals surface area (Å²) in [6.07, 6.45) is 1.75. The van der Waals surface area contributed by atoms with Crippen molar-refractivity contribution in [2.45, 2.75) is 13.8 Å². The molecule has 3 aromatic rings. The molecule has 0 amide bonds. The third kappa shape index (κ3) is 4.85. The molecule has 0 unspecified atom stereocenters. The zero-order valence-corrected chi connectivity index (χ0v) is 14.9. The van der Waals surface area contributed by atoms with E-state index in [0.717, 1.165) is 22.7 Å². The summed E-state index contributed by atoms with van der Waals surface area (Å²) >= 11 is 5.94. The van der Waals surface area contributed by atoms with E-state index in [2.05, 4.69) is 30.4 Å². The van der Waals surface area contributed by atoms with Crippen LogP contribution in [-0.2, 0) is 0 Å². The van der Waals surface area contributed by atoms with E-state index >= 15 is 0 Å². The molecule has 0 radical (unpaired) electrons. The van der Waals surface area contributed by atoms with Gasteiger partial charge in [-0.05, 0) is 85.1 Å². The Morgan fingerprint density at radius 1 is 0.880 bits per heavy atom. The van der Waals surface area contributed by atoms with Crippen LogP contribution in [0.4, 0.5) is 5.69 Å². The summed E-state index contributed by atoms with van der Waals surface area (Å²) in [7, 11) is 0. The topological polar surface area (TPSA) is 33.6 Å². The molecular formula is C21H19ClN2O. The Morgan fingerprint density at radius 3 is 2.36 bits per heavy atom. The molecule has 1 N–H and O–H groups in total. The van der Waals surface area contributed by atoms with Crippen molar-refractivity contribution in [2.75, 3.05) is 5.43 Å². The maximum Gasteiger partial charge on any atom is 0.127 e. The van der Waals surface area contributed by atoms with Gasteiger partial charge < -0.3 is 4.74 Å². The first-order valence-corrected chi connectivity index (χ1v) is 8.38. The number of anilines is 1. The number of hydrogen-bond acceptors (Lipinski definition) is 3. The van der Waals surface area contributed by atoms with Crippen LogP contribution in [0.25, 0.3) is 0 Å². The van der Waals surface area contributed by atoms with Crippen LogP contribution in [0.3, 0.4) is 0 Å². The molecule has 0 aliphatic carbocycles. The normalized spacial score (nSPS) is 10.8. The average molecular weight is 351 g/mol. The molecule has 0 aliphatic heterocycles. The van der Waals surface area contributed by atoms with Crippen molar-refractivity contribution >= 4 is 23.5 Å². The van der Waals surface area contributed by atoms with Crippen molar-refractivity contribution in [3.8, 4) is 11.5 Å². The van der Waals surface area contributed by atoms with Crippen LogP contribution in [-0.4, -0.2) is 6.21 Å². The molecule has 0 bridgehead atoms. The Hall–Kier alpha value is -2.78. The van der Waals surface area contributed by atoms with Gasteiger partial charge in [0.1, 0.15) is 11.5 Å². The van der Waals surface area contributed by atoms with Gasteiger partial charge in [0.15, 0.2) is 0 Å². The minimum absolute atomic E-state index is 0.674. The highest BCUT2D eigenvalue weighted by atomic mass is 35.5. The number of hydrogen-bond donors (Lipinski definition) is 1. The molecule has 0 atom stereocenters. The minimum Gasteiger partial charge on any atom is -0.457 e. The zero-order valence-electron chi connectivity index (χ0n) is 14.2. The first-order valence-electron chi connectivity index (χ1n) is 8.00. The summed E-state index contributed by atoms with van der Waals surface area (Å²) in [5.74, 6) is 1.63. The molecule has 3 aromatic carbocycles. The molecule has 0 saturated heterocycles. The number of nitrogens with one attached hydrogen (secondary N) is 1. The monoisotopic (exact) mass is 350 g/mol. The van der Waals surface area contributed by atoms with Crippen LogP contribution in [0.1, 0.15) is 16.7 Å². The summed E-state index contributed by atoms with van der Waals surface area (Å²) in [5.41, 5.74) is 7.25. The lowest BCUT2D eigenvalue weighted by Crippen LogP contribution is -1.91. The molecule has 0 spiro atoms. The summed E-state index contributed by atoms with van der Waals surface area (Å²) in [6.45, 7) is 4.17. The van der Waals surface area contributed by atoms with Crippen LogP contribution < -0.4 is 10.2 Å². The quantitative estimate of drug-likeness (QED) is 0.439.